The highest BCUT2D eigenvalue weighted by molar-refractivity contribution is 9.10. The lowest BCUT2D eigenvalue weighted by molar-refractivity contribution is 0.627. The van der Waals surface area contributed by atoms with Gasteiger partial charge in [-0.15, -0.1) is 11.3 Å². The van der Waals surface area contributed by atoms with Gasteiger partial charge >= 0.3 is 0 Å². The molecular formula is C11H10BrFN2S. The van der Waals surface area contributed by atoms with Crippen LogP contribution in [-0.4, -0.2) is 4.98 Å². The second-order valence-corrected chi connectivity index (χ2v) is 5.27. The Labute approximate surface area is 105 Å². The van der Waals surface area contributed by atoms with Crippen molar-refractivity contribution in [1.82, 2.24) is 4.98 Å². The van der Waals surface area contributed by atoms with Crippen LogP contribution in [0.5, 0.6) is 0 Å². The maximum atomic E-state index is 13.0. The maximum Gasteiger partial charge on any atom is 0.124 e. The third-order valence-electron chi connectivity index (χ3n) is 2.19. The van der Waals surface area contributed by atoms with Crippen molar-refractivity contribution in [3.8, 4) is 11.3 Å². The summed E-state index contributed by atoms with van der Waals surface area (Å²) in [5.41, 5.74) is 7.46. The summed E-state index contributed by atoms with van der Waals surface area (Å²) >= 11 is 4.79. The van der Waals surface area contributed by atoms with Crippen LogP contribution in [0.3, 0.4) is 0 Å². The van der Waals surface area contributed by atoms with Crippen LogP contribution in [0.2, 0.25) is 0 Å². The SMILES string of the molecule is CCc1nc(-c2ccc(F)cc2Br)c(N)s1. The van der Waals surface area contributed by atoms with Gasteiger partial charge in [-0.2, -0.15) is 0 Å². The van der Waals surface area contributed by atoms with Crippen molar-refractivity contribution in [3.63, 3.8) is 0 Å². The van der Waals surface area contributed by atoms with E-state index in [1.165, 1.54) is 23.5 Å². The summed E-state index contributed by atoms with van der Waals surface area (Å²) in [6, 6.07) is 4.51. The van der Waals surface area contributed by atoms with Crippen molar-refractivity contribution >= 4 is 32.3 Å². The Morgan fingerprint density at radius 3 is 2.81 bits per heavy atom. The van der Waals surface area contributed by atoms with E-state index in [0.29, 0.717) is 9.47 Å². The molecule has 1 aromatic carbocycles. The molecule has 84 valence electrons. The lowest BCUT2D eigenvalue weighted by Gasteiger charge is -2.02. The normalized spacial score (nSPS) is 10.7. The van der Waals surface area contributed by atoms with Crippen molar-refractivity contribution in [1.29, 1.82) is 0 Å². The Hall–Kier alpha value is -0.940. The van der Waals surface area contributed by atoms with Crippen molar-refractivity contribution in [2.24, 2.45) is 0 Å². The fourth-order valence-electron chi connectivity index (χ4n) is 1.40. The Balaban J connectivity index is 2.53. The average molecular weight is 301 g/mol. The first kappa shape index (κ1) is 11.5. The number of hydrogen-bond acceptors (Lipinski definition) is 3. The highest BCUT2D eigenvalue weighted by atomic mass is 79.9. The van der Waals surface area contributed by atoms with Crippen LogP contribution < -0.4 is 5.73 Å². The van der Waals surface area contributed by atoms with Crippen LogP contribution >= 0.6 is 27.3 Å². The molecule has 0 aliphatic heterocycles. The molecule has 5 heteroatoms. The Bertz CT molecular complexity index is 525. The molecule has 2 aromatic rings. The fourth-order valence-corrected chi connectivity index (χ4v) is 2.73. The summed E-state index contributed by atoms with van der Waals surface area (Å²) < 4.78 is 13.6. The van der Waals surface area contributed by atoms with Gasteiger partial charge in [-0.05, 0) is 40.5 Å². The van der Waals surface area contributed by atoms with Crippen LogP contribution in [0.1, 0.15) is 11.9 Å². The second-order valence-electron chi connectivity index (χ2n) is 3.30. The molecule has 0 saturated carbocycles. The van der Waals surface area contributed by atoms with Gasteiger partial charge in [0.15, 0.2) is 0 Å². The number of anilines is 1. The van der Waals surface area contributed by atoms with E-state index >= 15 is 0 Å². The molecule has 0 spiro atoms. The van der Waals surface area contributed by atoms with E-state index < -0.39 is 0 Å². The molecule has 0 atom stereocenters. The van der Waals surface area contributed by atoms with E-state index in [-0.39, 0.29) is 5.82 Å². The van der Waals surface area contributed by atoms with Crippen molar-refractivity contribution < 1.29 is 4.39 Å². The number of aromatic nitrogens is 1. The standard InChI is InChI=1S/C11H10BrFN2S/c1-2-9-15-10(11(14)16-9)7-4-3-6(13)5-8(7)12/h3-5H,2,14H2,1H3. The van der Waals surface area contributed by atoms with Crippen LogP contribution in [0, 0.1) is 5.82 Å². The van der Waals surface area contributed by atoms with E-state index in [0.717, 1.165) is 22.7 Å². The molecule has 2 rings (SSSR count). The summed E-state index contributed by atoms with van der Waals surface area (Å²) in [7, 11) is 0. The van der Waals surface area contributed by atoms with Gasteiger partial charge in [0, 0.05) is 10.0 Å². The minimum absolute atomic E-state index is 0.278. The van der Waals surface area contributed by atoms with E-state index in [2.05, 4.69) is 20.9 Å². The summed E-state index contributed by atoms with van der Waals surface area (Å²) in [6.45, 7) is 2.03. The number of nitrogen functional groups attached to an aromatic ring is 1. The topological polar surface area (TPSA) is 38.9 Å². The average Bonchev–Trinajstić information content (AvgIpc) is 2.60. The molecule has 0 fully saturated rings. The Morgan fingerprint density at radius 2 is 2.25 bits per heavy atom. The van der Waals surface area contributed by atoms with Crippen molar-refractivity contribution in [2.45, 2.75) is 13.3 Å². The zero-order valence-electron chi connectivity index (χ0n) is 8.63. The number of halogens is 2. The van der Waals surface area contributed by atoms with Gasteiger partial charge in [0.2, 0.25) is 0 Å². The third kappa shape index (κ3) is 2.10. The van der Waals surface area contributed by atoms with Crippen LogP contribution in [0.15, 0.2) is 22.7 Å². The molecule has 0 aliphatic carbocycles. The zero-order chi connectivity index (χ0) is 11.7. The minimum Gasteiger partial charge on any atom is -0.389 e. The number of nitrogens with two attached hydrogens (primary N) is 1. The molecular weight excluding hydrogens is 291 g/mol. The third-order valence-corrected chi connectivity index (χ3v) is 3.87. The first-order chi connectivity index (χ1) is 7.61. The second kappa shape index (κ2) is 4.51. The van der Waals surface area contributed by atoms with E-state index in [9.17, 15) is 4.39 Å². The van der Waals surface area contributed by atoms with Crippen LogP contribution in [0.4, 0.5) is 9.39 Å². The van der Waals surface area contributed by atoms with Crippen LogP contribution in [-0.2, 0) is 6.42 Å². The van der Waals surface area contributed by atoms with Gasteiger partial charge in [0.1, 0.15) is 16.5 Å². The number of rotatable bonds is 2. The fraction of sp³-hybridized carbons (Fsp3) is 0.182. The van der Waals surface area contributed by atoms with Gasteiger partial charge in [-0.25, -0.2) is 9.37 Å². The number of thiazole rings is 1. The predicted octanol–water partition coefficient (Wildman–Crippen LogP) is 3.86. The summed E-state index contributed by atoms with van der Waals surface area (Å²) in [6.07, 6.45) is 0.855. The minimum atomic E-state index is -0.278. The smallest absolute Gasteiger partial charge is 0.124 e. The van der Waals surface area contributed by atoms with Gasteiger partial charge in [-0.1, -0.05) is 6.92 Å². The quantitative estimate of drug-likeness (QED) is 0.915. The van der Waals surface area contributed by atoms with Gasteiger partial charge in [0.05, 0.1) is 5.01 Å². The van der Waals surface area contributed by atoms with Crippen molar-refractivity contribution in [2.75, 3.05) is 5.73 Å². The molecule has 2 nitrogen and oxygen atoms in total. The molecule has 0 amide bonds. The van der Waals surface area contributed by atoms with E-state index in [1.807, 2.05) is 6.92 Å². The first-order valence-corrected chi connectivity index (χ1v) is 6.43. The molecule has 2 N–H and O–H groups in total. The van der Waals surface area contributed by atoms with Crippen LogP contribution in [0.25, 0.3) is 11.3 Å². The number of hydrogen-bond donors (Lipinski definition) is 1. The highest BCUT2D eigenvalue weighted by Gasteiger charge is 2.12. The Kier molecular flexibility index (Phi) is 3.25. The molecule has 0 saturated heterocycles. The summed E-state index contributed by atoms with van der Waals surface area (Å²) in [5.74, 6) is -0.278. The van der Waals surface area contributed by atoms with E-state index in [4.69, 9.17) is 5.73 Å². The maximum absolute atomic E-state index is 13.0. The monoisotopic (exact) mass is 300 g/mol. The molecule has 0 bridgehead atoms. The largest absolute Gasteiger partial charge is 0.389 e. The number of nitrogens with zero attached hydrogens (tertiary/aromatic N) is 1. The molecule has 1 heterocycles. The highest BCUT2D eigenvalue weighted by Crippen LogP contribution is 2.35. The molecule has 0 unspecified atom stereocenters. The molecule has 1 aromatic heterocycles. The summed E-state index contributed by atoms with van der Waals surface area (Å²) in [4.78, 5) is 4.43. The predicted molar refractivity (Wildman–Crippen MR) is 69.0 cm³/mol. The van der Waals surface area contributed by atoms with Gasteiger partial charge in [0.25, 0.3) is 0 Å². The van der Waals surface area contributed by atoms with Gasteiger partial charge in [-0.3, -0.25) is 0 Å². The number of aryl methyl sites for hydroxylation is 1. The summed E-state index contributed by atoms with van der Waals surface area (Å²) in [5, 5.41) is 1.66. The first-order valence-electron chi connectivity index (χ1n) is 4.82. The zero-order valence-corrected chi connectivity index (χ0v) is 11.0. The van der Waals surface area contributed by atoms with Crippen molar-refractivity contribution in [3.05, 3.63) is 33.5 Å². The van der Waals surface area contributed by atoms with E-state index in [1.54, 1.807) is 6.07 Å². The van der Waals surface area contributed by atoms with Gasteiger partial charge < -0.3 is 5.73 Å². The molecule has 16 heavy (non-hydrogen) atoms. The molecule has 0 aliphatic rings. The Morgan fingerprint density at radius 1 is 1.50 bits per heavy atom. The lowest BCUT2D eigenvalue weighted by atomic mass is 10.1. The molecule has 0 radical (unpaired) electrons. The lowest BCUT2D eigenvalue weighted by Crippen LogP contribution is -1.88. The number of benzene rings is 1.